The summed E-state index contributed by atoms with van der Waals surface area (Å²) in [6, 6.07) is 33.9. The second-order valence-corrected chi connectivity index (χ2v) is 14.1. The van der Waals surface area contributed by atoms with Gasteiger partial charge < -0.3 is 9.13 Å². The lowest BCUT2D eigenvalue weighted by molar-refractivity contribution is 0.700. The van der Waals surface area contributed by atoms with E-state index >= 15 is 0 Å². The van der Waals surface area contributed by atoms with E-state index in [9.17, 15) is 0 Å². The highest BCUT2D eigenvalue weighted by Crippen LogP contribution is 2.39. The molecular formula is C49H39N3. The molecule has 0 spiro atoms. The molecule has 0 saturated heterocycles. The Morgan fingerprint density at radius 2 is 1.33 bits per heavy atom. The first-order valence-electron chi connectivity index (χ1n) is 18.6. The fraction of sp³-hybridized carbons (Fsp3) is 0.122. The zero-order valence-corrected chi connectivity index (χ0v) is 29.1. The molecule has 10 rings (SSSR count). The number of hydrogen-bond donors (Lipinski definition) is 0. The topological polar surface area (TPSA) is 22.8 Å². The van der Waals surface area contributed by atoms with Crippen LogP contribution in [0.25, 0.3) is 71.7 Å². The first kappa shape index (κ1) is 30.6. The lowest BCUT2D eigenvalue weighted by Crippen LogP contribution is -1.98. The largest absolute Gasteiger partial charge is 0.310 e. The summed E-state index contributed by atoms with van der Waals surface area (Å²) in [5.74, 6) is 0.428. The maximum absolute atomic E-state index is 4.55. The van der Waals surface area contributed by atoms with Crippen LogP contribution in [0.2, 0.25) is 0 Å². The quantitative estimate of drug-likeness (QED) is 0.179. The van der Waals surface area contributed by atoms with Crippen molar-refractivity contribution in [2.45, 2.75) is 32.1 Å². The van der Waals surface area contributed by atoms with Crippen molar-refractivity contribution >= 4 is 54.9 Å². The van der Waals surface area contributed by atoms with Crippen LogP contribution in [-0.2, 0) is 0 Å². The van der Waals surface area contributed by atoms with E-state index in [1.54, 1.807) is 0 Å². The molecule has 4 aromatic carbocycles. The van der Waals surface area contributed by atoms with Gasteiger partial charge in [0.1, 0.15) is 0 Å². The summed E-state index contributed by atoms with van der Waals surface area (Å²) in [7, 11) is 0. The molecule has 250 valence electrons. The van der Waals surface area contributed by atoms with Crippen LogP contribution in [0.5, 0.6) is 0 Å². The Kier molecular flexibility index (Phi) is 7.57. The van der Waals surface area contributed by atoms with Crippen molar-refractivity contribution in [2.75, 3.05) is 0 Å². The first-order valence-corrected chi connectivity index (χ1v) is 18.6. The van der Waals surface area contributed by atoms with Gasteiger partial charge in [0, 0.05) is 45.0 Å². The highest BCUT2D eigenvalue weighted by molar-refractivity contribution is 6.13. The van der Waals surface area contributed by atoms with E-state index in [0.29, 0.717) is 5.92 Å². The van der Waals surface area contributed by atoms with Gasteiger partial charge >= 0.3 is 0 Å². The van der Waals surface area contributed by atoms with Crippen LogP contribution < -0.4 is 0 Å². The third-order valence-electron chi connectivity index (χ3n) is 11.1. The molecule has 0 amide bonds. The van der Waals surface area contributed by atoms with E-state index in [1.807, 2.05) is 12.4 Å². The second-order valence-electron chi connectivity index (χ2n) is 14.1. The van der Waals surface area contributed by atoms with Crippen LogP contribution in [0.1, 0.15) is 37.7 Å². The maximum Gasteiger partial charge on any atom is 0.0724 e. The second kappa shape index (κ2) is 12.9. The van der Waals surface area contributed by atoms with Gasteiger partial charge in [0.25, 0.3) is 0 Å². The lowest BCUT2D eigenvalue weighted by Gasteiger charge is -2.12. The van der Waals surface area contributed by atoms with Crippen molar-refractivity contribution in [3.8, 4) is 16.8 Å². The van der Waals surface area contributed by atoms with E-state index < -0.39 is 0 Å². The van der Waals surface area contributed by atoms with Gasteiger partial charge in [0.2, 0.25) is 0 Å². The number of rotatable bonds is 5. The lowest BCUT2D eigenvalue weighted by atomic mass is 9.93. The summed E-state index contributed by atoms with van der Waals surface area (Å²) in [5.41, 5.74) is 13.6. The minimum Gasteiger partial charge on any atom is -0.310 e. The van der Waals surface area contributed by atoms with Crippen LogP contribution in [0.15, 0.2) is 176 Å². The highest BCUT2D eigenvalue weighted by atomic mass is 15.0. The number of nitrogens with zero attached hydrogens (tertiary/aromatic N) is 3. The SMILES string of the molecule is C1=CCC=C(C2C=CC(n3c4ccccc4c4cc(-c5ccc6c(c5)c5ccncc5n6-c5ccc(C6=CCCC=C6)cc5)ccc43)=CCC2)C=C1. The number of hydrogen-bond acceptors (Lipinski definition) is 1. The van der Waals surface area contributed by atoms with Crippen LogP contribution in [0.3, 0.4) is 0 Å². The third kappa shape index (κ3) is 5.24. The molecule has 7 aromatic rings. The molecule has 52 heavy (non-hydrogen) atoms. The van der Waals surface area contributed by atoms with Crippen molar-refractivity contribution in [2.24, 2.45) is 5.92 Å². The summed E-state index contributed by atoms with van der Waals surface area (Å²) in [6.07, 6.45) is 34.5. The molecule has 0 radical (unpaired) electrons. The molecule has 3 aromatic heterocycles. The van der Waals surface area contributed by atoms with Crippen LogP contribution in [-0.4, -0.2) is 14.1 Å². The molecule has 3 heterocycles. The first-order chi connectivity index (χ1) is 25.8. The molecule has 3 nitrogen and oxygen atoms in total. The van der Waals surface area contributed by atoms with E-state index in [-0.39, 0.29) is 0 Å². The molecule has 0 saturated carbocycles. The zero-order valence-electron chi connectivity index (χ0n) is 29.1. The van der Waals surface area contributed by atoms with E-state index in [2.05, 4.69) is 172 Å². The fourth-order valence-corrected chi connectivity index (χ4v) is 8.49. The highest BCUT2D eigenvalue weighted by Gasteiger charge is 2.18. The number of pyridine rings is 1. The minimum atomic E-state index is 0.428. The van der Waals surface area contributed by atoms with Crippen molar-refractivity contribution < 1.29 is 0 Å². The number of benzene rings is 4. The number of para-hydroxylation sites is 1. The summed E-state index contributed by atoms with van der Waals surface area (Å²) in [6.45, 7) is 0. The van der Waals surface area contributed by atoms with E-state index in [1.165, 1.54) is 71.6 Å². The Hall–Kier alpha value is -6.19. The van der Waals surface area contributed by atoms with Crippen molar-refractivity contribution in [3.63, 3.8) is 0 Å². The van der Waals surface area contributed by atoms with Gasteiger partial charge in [-0.1, -0.05) is 103 Å². The normalized spacial score (nSPS) is 17.5. The van der Waals surface area contributed by atoms with Gasteiger partial charge in [-0.2, -0.15) is 0 Å². The van der Waals surface area contributed by atoms with Crippen LogP contribution >= 0.6 is 0 Å². The Balaban J connectivity index is 1.05. The molecule has 1 atom stereocenters. The van der Waals surface area contributed by atoms with Gasteiger partial charge in [-0.05, 0) is 115 Å². The van der Waals surface area contributed by atoms with E-state index in [0.717, 1.165) is 43.3 Å². The van der Waals surface area contributed by atoms with Gasteiger partial charge in [-0.25, -0.2) is 0 Å². The molecule has 3 heteroatoms. The smallest absolute Gasteiger partial charge is 0.0724 e. The monoisotopic (exact) mass is 669 g/mol. The molecule has 3 aliphatic carbocycles. The minimum absolute atomic E-state index is 0.428. The third-order valence-corrected chi connectivity index (χ3v) is 11.1. The Morgan fingerprint density at radius 1 is 0.558 bits per heavy atom. The number of fused-ring (bicyclic) bond motifs is 6. The molecule has 1 unspecified atom stereocenters. The van der Waals surface area contributed by atoms with Crippen LogP contribution in [0, 0.1) is 5.92 Å². The summed E-state index contributed by atoms with van der Waals surface area (Å²) in [5, 5.41) is 5.00. The average Bonchev–Trinajstić information content (AvgIpc) is 3.40. The predicted octanol–water partition coefficient (Wildman–Crippen LogP) is 12.9. The summed E-state index contributed by atoms with van der Waals surface area (Å²) < 4.78 is 4.81. The zero-order chi connectivity index (χ0) is 34.4. The van der Waals surface area contributed by atoms with E-state index in [4.69, 9.17) is 0 Å². The van der Waals surface area contributed by atoms with Crippen molar-refractivity contribution in [1.29, 1.82) is 0 Å². The molecular weight excluding hydrogens is 631 g/mol. The molecule has 0 bridgehead atoms. The molecule has 0 aliphatic heterocycles. The van der Waals surface area contributed by atoms with Gasteiger partial charge in [-0.15, -0.1) is 0 Å². The molecule has 0 N–H and O–H groups in total. The average molecular weight is 670 g/mol. The molecule has 0 fully saturated rings. The van der Waals surface area contributed by atoms with Gasteiger partial charge in [0.05, 0.1) is 28.3 Å². The van der Waals surface area contributed by atoms with Gasteiger partial charge in [0.15, 0.2) is 0 Å². The van der Waals surface area contributed by atoms with Crippen molar-refractivity contribution in [3.05, 3.63) is 181 Å². The maximum atomic E-state index is 4.55. The fourth-order valence-electron chi connectivity index (χ4n) is 8.49. The Morgan fingerprint density at radius 3 is 2.15 bits per heavy atom. The summed E-state index contributed by atoms with van der Waals surface area (Å²) in [4.78, 5) is 4.55. The summed E-state index contributed by atoms with van der Waals surface area (Å²) >= 11 is 0. The standard InChI is InChI=1S/C49H39N3/c1-2-5-12-34(11-4-1)36-15-10-16-40(24-19-36)51-46-18-9-8-17-42(46)44-31-38(22-27-47(44)51)39-23-28-48-45(32-39)43-29-30-50-33-49(43)52(48)41-25-20-37(21-26-41)35-13-6-3-7-14-35/h1-2,4,6,8-9,11-14,16-33,36H,3,5,7,10,15H2. The Labute approximate surface area is 304 Å². The number of allylic oxidation sites excluding steroid dienone is 14. The van der Waals surface area contributed by atoms with Crippen LogP contribution in [0.4, 0.5) is 0 Å². The Bertz CT molecular complexity index is 2750. The molecule has 3 aliphatic rings. The predicted molar refractivity (Wildman–Crippen MR) is 220 cm³/mol. The number of aromatic nitrogens is 3. The van der Waals surface area contributed by atoms with Crippen molar-refractivity contribution in [1.82, 2.24) is 14.1 Å². The van der Waals surface area contributed by atoms with Gasteiger partial charge in [-0.3, -0.25) is 4.98 Å².